The maximum absolute atomic E-state index is 6.35. The molecule has 0 spiro atoms. The Kier molecular flexibility index (Phi) is 4.90. The van der Waals surface area contributed by atoms with E-state index in [1.165, 1.54) is 44.0 Å². The van der Waals surface area contributed by atoms with E-state index < -0.39 is 0 Å². The van der Waals surface area contributed by atoms with E-state index in [4.69, 9.17) is 16.6 Å². The van der Waals surface area contributed by atoms with Gasteiger partial charge in [-0.3, -0.25) is 0 Å². The Morgan fingerprint density at radius 2 is 2.10 bits per heavy atom. The molecular weight excluding hydrogens is 348 g/mol. The molecule has 0 N–H and O–H groups in total. The lowest BCUT2D eigenvalue weighted by Crippen LogP contribution is -2.12. The van der Waals surface area contributed by atoms with Crippen molar-refractivity contribution >= 4 is 38.6 Å². The molecule has 114 valence electrons. The van der Waals surface area contributed by atoms with Crippen LogP contribution in [0.15, 0.2) is 22.7 Å². The van der Waals surface area contributed by atoms with E-state index in [0.717, 1.165) is 28.3 Å². The Morgan fingerprint density at radius 3 is 2.81 bits per heavy atom. The van der Waals surface area contributed by atoms with Crippen molar-refractivity contribution in [2.45, 2.75) is 57.4 Å². The predicted molar refractivity (Wildman–Crippen MR) is 92.9 cm³/mol. The molecule has 0 saturated heterocycles. The molecule has 3 rings (SSSR count). The highest BCUT2D eigenvalue weighted by atomic mass is 79.9. The molecule has 0 bridgehead atoms. The van der Waals surface area contributed by atoms with Crippen LogP contribution in [0.3, 0.4) is 0 Å². The molecule has 0 aliphatic heterocycles. The van der Waals surface area contributed by atoms with Crippen LogP contribution in [0.1, 0.15) is 56.7 Å². The van der Waals surface area contributed by atoms with Crippen molar-refractivity contribution in [3.8, 4) is 0 Å². The van der Waals surface area contributed by atoms with Gasteiger partial charge in [-0.2, -0.15) is 0 Å². The Labute approximate surface area is 140 Å². The summed E-state index contributed by atoms with van der Waals surface area (Å²) in [4.78, 5) is 4.73. The lowest BCUT2D eigenvalue weighted by molar-refractivity contribution is 0.324. The summed E-state index contributed by atoms with van der Waals surface area (Å²) in [5.74, 6) is 1.88. The van der Waals surface area contributed by atoms with Crippen LogP contribution in [0.4, 0.5) is 0 Å². The quantitative estimate of drug-likeness (QED) is 0.598. The summed E-state index contributed by atoms with van der Waals surface area (Å²) in [7, 11) is 0. The van der Waals surface area contributed by atoms with Crippen molar-refractivity contribution in [3.05, 3.63) is 28.5 Å². The Hall–Kier alpha value is -0.540. The summed E-state index contributed by atoms with van der Waals surface area (Å²) < 4.78 is 3.43. The Balaban J connectivity index is 1.87. The molecule has 1 aromatic heterocycles. The lowest BCUT2D eigenvalue weighted by Gasteiger charge is -2.22. The topological polar surface area (TPSA) is 17.8 Å². The number of rotatable bonds is 4. The minimum Gasteiger partial charge on any atom is -0.327 e. The molecule has 0 amide bonds. The molecule has 1 fully saturated rings. The largest absolute Gasteiger partial charge is 0.327 e. The van der Waals surface area contributed by atoms with Crippen molar-refractivity contribution in [1.82, 2.24) is 9.55 Å². The first kappa shape index (κ1) is 15.4. The third kappa shape index (κ3) is 3.45. The van der Waals surface area contributed by atoms with Gasteiger partial charge in [0.25, 0.3) is 0 Å². The maximum atomic E-state index is 6.35. The molecular formula is C17H22BrClN2. The van der Waals surface area contributed by atoms with Crippen molar-refractivity contribution in [3.63, 3.8) is 0 Å². The molecule has 1 heterocycles. The molecule has 2 nitrogen and oxygen atoms in total. The van der Waals surface area contributed by atoms with Crippen molar-refractivity contribution < 1.29 is 0 Å². The summed E-state index contributed by atoms with van der Waals surface area (Å²) in [6.07, 6.45) is 8.25. The van der Waals surface area contributed by atoms with Crippen LogP contribution in [0.2, 0.25) is 0 Å². The second-order valence-electron chi connectivity index (χ2n) is 6.16. The number of hydrogen-bond donors (Lipinski definition) is 0. The fraction of sp³-hybridized carbons (Fsp3) is 0.588. The van der Waals surface area contributed by atoms with E-state index >= 15 is 0 Å². The number of benzene rings is 1. The van der Waals surface area contributed by atoms with Crippen LogP contribution in [0.25, 0.3) is 11.0 Å². The highest BCUT2D eigenvalue weighted by Gasteiger charge is 2.18. The summed E-state index contributed by atoms with van der Waals surface area (Å²) >= 11 is 9.91. The van der Waals surface area contributed by atoms with Gasteiger partial charge in [0.15, 0.2) is 0 Å². The molecule has 0 radical (unpaired) electrons. The van der Waals surface area contributed by atoms with Crippen molar-refractivity contribution in [2.24, 2.45) is 5.92 Å². The Morgan fingerprint density at radius 1 is 1.33 bits per heavy atom. The van der Waals surface area contributed by atoms with Gasteiger partial charge in [0, 0.05) is 11.0 Å². The zero-order chi connectivity index (χ0) is 14.8. The smallest absolute Gasteiger partial charge is 0.127 e. The highest BCUT2D eigenvalue weighted by molar-refractivity contribution is 9.10. The molecule has 1 unspecified atom stereocenters. The van der Waals surface area contributed by atoms with Gasteiger partial charge in [-0.1, -0.05) is 48.0 Å². The molecule has 1 aromatic carbocycles. The summed E-state index contributed by atoms with van der Waals surface area (Å²) in [6, 6.07) is 6.27. The van der Waals surface area contributed by atoms with Gasteiger partial charge in [-0.15, -0.1) is 11.6 Å². The number of aryl methyl sites for hydroxylation is 1. The zero-order valence-electron chi connectivity index (χ0n) is 12.5. The van der Waals surface area contributed by atoms with Gasteiger partial charge < -0.3 is 4.57 Å². The number of hydrogen-bond acceptors (Lipinski definition) is 1. The van der Waals surface area contributed by atoms with Crippen LogP contribution >= 0.6 is 27.5 Å². The molecule has 2 aromatic rings. The number of fused-ring (bicyclic) bond motifs is 1. The van der Waals surface area contributed by atoms with Gasteiger partial charge >= 0.3 is 0 Å². The van der Waals surface area contributed by atoms with E-state index in [9.17, 15) is 0 Å². The first-order valence-corrected chi connectivity index (χ1v) is 9.18. The number of halogens is 2. The van der Waals surface area contributed by atoms with Crippen LogP contribution < -0.4 is 0 Å². The average molecular weight is 370 g/mol. The van der Waals surface area contributed by atoms with Crippen molar-refractivity contribution in [1.29, 1.82) is 0 Å². The second-order valence-corrected chi connectivity index (χ2v) is 7.73. The fourth-order valence-corrected chi connectivity index (χ4v) is 3.96. The van der Waals surface area contributed by atoms with Crippen LogP contribution in [0, 0.1) is 5.92 Å². The lowest BCUT2D eigenvalue weighted by atomic mass is 9.87. The molecule has 21 heavy (non-hydrogen) atoms. The van der Waals surface area contributed by atoms with Gasteiger partial charge in [0.1, 0.15) is 5.82 Å². The molecule has 1 aliphatic rings. The summed E-state index contributed by atoms with van der Waals surface area (Å²) in [5, 5.41) is -0.0532. The first-order chi connectivity index (χ1) is 10.1. The Bertz CT molecular complexity index is 615. The predicted octanol–water partition coefficient (Wildman–Crippen LogP) is 6.07. The maximum Gasteiger partial charge on any atom is 0.127 e. The molecule has 1 aliphatic carbocycles. The van der Waals surface area contributed by atoms with Gasteiger partial charge in [-0.05, 0) is 37.5 Å². The van der Waals surface area contributed by atoms with E-state index in [0.29, 0.717) is 0 Å². The van der Waals surface area contributed by atoms with Gasteiger partial charge in [0.05, 0.1) is 16.4 Å². The second kappa shape index (κ2) is 6.70. The normalized spacial score (nSPS) is 18.2. The minimum atomic E-state index is -0.0532. The van der Waals surface area contributed by atoms with Crippen molar-refractivity contribution in [2.75, 3.05) is 0 Å². The van der Waals surface area contributed by atoms with E-state index in [-0.39, 0.29) is 5.38 Å². The van der Waals surface area contributed by atoms with E-state index in [2.05, 4.69) is 32.6 Å². The number of nitrogens with zero attached hydrogens (tertiary/aromatic N) is 2. The standard InChI is InChI=1S/C17H22BrClN2/c1-12(19)17-20-15-8-7-14(18)11-16(15)21(17)10-9-13-5-3-2-4-6-13/h7-8,11-13H,2-6,9-10H2,1H3. The van der Waals surface area contributed by atoms with E-state index in [1.807, 2.05) is 13.0 Å². The van der Waals surface area contributed by atoms with Gasteiger partial charge in [-0.25, -0.2) is 4.98 Å². The molecule has 1 saturated carbocycles. The zero-order valence-corrected chi connectivity index (χ0v) is 14.8. The number of aromatic nitrogens is 2. The molecule has 1 atom stereocenters. The summed E-state index contributed by atoms with van der Waals surface area (Å²) in [5.41, 5.74) is 2.24. The highest BCUT2D eigenvalue weighted by Crippen LogP contribution is 2.30. The fourth-order valence-electron chi connectivity index (χ4n) is 3.44. The van der Waals surface area contributed by atoms with E-state index in [1.54, 1.807) is 0 Å². The number of alkyl halides is 1. The first-order valence-electron chi connectivity index (χ1n) is 7.95. The third-order valence-corrected chi connectivity index (χ3v) is 5.27. The third-order valence-electron chi connectivity index (χ3n) is 4.58. The summed E-state index contributed by atoms with van der Waals surface area (Å²) in [6.45, 7) is 3.04. The van der Waals surface area contributed by atoms with Crippen LogP contribution in [-0.2, 0) is 6.54 Å². The van der Waals surface area contributed by atoms with Gasteiger partial charge in [0.2, 0.25) is 0 Å². The monoisotopic (exact) mass is 368 g/mol. The average Bonchev–Trinajstić information content (AvgIpc) is 2.84. The molecule has 4 heteroatoms. The number of imidazole rings is 1. The van der Waals surface area contributed by atoms with Crippen LogP contribution in [0.5, 0.6) is 0 Å². The minimum absolute atomic E-state index is 0.0532. The van der Waals surface area contributed by atoms with Crippen LogP contribution in [-0.4, -0.2) is 9.55 Å². The SMILES string of the molecule is CC(Cl)c1nc2ccc(Br)cc2n1CCC1CCCCC1.